The molecule has 108 valence electrons. The van der Waals surface area contributed by atoms with E-state index >= 15 is 0 Å². The van der Waals surface area contributed by atoms with Crippen molar-refractivity contribution in [2.75, 3.05) is 4.72 Å². The van der Waals surface area contributed by atoms with E-state index in [9.17, 15) is 8.42 Å². The molecule has 0 amide bonds. The summed E-state index contributed by atoms with van der Waals surface area (Å²) in [5.74, 6) is 0.347. The van der Waals surface area contributed by atoms with Crippen LogP contribution in [-0.2, 0) is 16.6 Å². The molecule has 0 spiro atoms. The Labute approximate surface area is 123 Å². The standard InChI is InChI=1S/C14H18N2O2S2/c1-10(2)11-4-3-5-12(8-11)16-20(17,18)14-6-7-19-13(14)9-15/h3-8,10,16H,9,15H2,1-2H3. The van der Waals surface area contributed by atoms with Crippen LogP contribution in [0, 0.1) is 0 Å². The van der Waals surface area contributed by atoms with Crippen LogP contribution in [0.1, 0.15) is 30.2 Å². The average molecular weight is 310 g/mol. The maximum Gasteiger partial charge on any atom is 0.263 e. The molecule has 6 heteroatoms. The number of benzene rings is 1. The number of sulfonamides is 1. The molecule has 0 atom stereocenters. The Hall–Kier alpha value is -1.37. The SMILES string of the molecule is CC(C)c1cccc(NS(=O)(=O)c2ccsc2CN)c1. The number of rotatable bonds is 5. The van der Waals surface area contributed by atoms with Crippen molar-refractivity contribution in [3.8, 4) is 0 Å². The van der Waals surface area contributed by atoms with E-state index < -0.39 is 10.0 Å². The Balaban J connectivity index is 2.31. The first kappa shape index (κ1) is 15.0. The fraction of sp³-hybridized carbons (Fsp3) is 0.286. The summed E-state index contributed by atoms with van der Waals surface area (Å²) in [6, 6.07) is 9.03. The summed E-state index contributed by atoms with van der Waals surface area (Å²) in [4.78, 5) is 0.928. The highest BCUT2D eigenvalue weighted by atomic mass is 32.2. The molecular weight excluding hydrogens is 292 g/mol. The van der Waals surface area contributed by atoms with Crippen LogP contribution in [0.15, 0.2) is 40.6 Å². The van der Waals surface area contributed by atoms with Gasteiger partial charge in [0.25, 0.3) is 10.0 Å². The maximum absolute atomic E-state index is 12.4. The molecule has 1 aromatic carbocycles. The Morgan fingerprint density at radius 1 is 1.30 bits per heavy atom. The lowest BCUT2D eigenvalue weighted by Crippen LogP contribution is -2.14. The van der Waals surface area contributed by atoms with E-state index in [1.54, 1.807) is 17.5 Å². The number of hydrogen-bond donors (Lipinski definition) is 2. The first-order chi connectivity index (χ1) is 9.44. The fourth-order valence-electron chi connectivity index (χ4n) is 1.89. The second kappa shape index (κ2) is 5.95. The predicted octanol–water partition coefficient (Wildman–Crippen LogP) is 3.13. The topological polar surface area (TPSA) is 72.2 Å². The van der Waals surface area contributed by atoms with Gasteiger partial charge in [-0.1, -0.05) is 26.0 Å². The van der Waals surface area contributed by atoms with Gasteiger partial charge in [-0.2, -0.15) is 0 Å². The van der Waals surface area contributed by atoms with Crippen molar-refractivity contribution in [3.63, 3.8) is 0 Å². The average Bonchev–Trinajstić information content (AvgIpc) is 2.87. The molecule has 0 aliphatic heterocycles. The highest BCUT2D eigenvalue weighted by Crippen LogP contribution is 2.25. The third-order valence-corrected chi connectivity index (χ3v) is 5.52. The Bertz CT molecular complexity index is 691. The van der Waals surface area contributed by atoms with Gasteiger partial charge in [-0.3, -0.25) is 4.72 Å². The first-order valence-electron chi connectivity index (χ1n) is 6.33. The van der Waals surface area contributed by atoms with Gasteiger partial charge in [-0.05, 0) is 35.1 Å². The van der Waals surface area contributed by atoms with Crippen LogP contribution >= 0.6 is 11.3 Å². The zero-order valence-electron chi connectivity index (χ0n) is 11.5. The molecular formula is C14H18N2O2S2. The lowest BCUT2D eigenvalue weighted by Gasteiger charge is -2.11. The summed E-state index contributed by atoms with van der Waals surface area (Å²) in [7, 11) is -3.57. The van der Waals surface area contributed by atoms with Gasteiger partial charge >= 0.3 is 0 Å². The van der Waals surface area contributed by atoms with Crippen molar-refractivity contribution in [1.29, 1.82) is 0 Å². The number of anilines is 1. The minimum Gasteiger partial charge on any atom is -0.326 e. The molecule has 0 aliphatic carbocycles. The normalized spacial score (nSPS) is 11.8. The number of hydrogen-bond acceptors (Lipinski definition) is 4. The predicted molar refractivity (Wildman–Crippen MR) is 83.5 cm³/mol. The molecule has 2 rings (SSSR count). The Kier molecular flexibility index (Phi) is 4.47. The van der Waals surface area contributed by atoms with Gasteiger partial charge in [0.15, 0.2) is 0 Å². The molecule has 0 unspecified atom stereocenters. The molecule has 0 saturated carbocycles. The van der Waals surface area contributed by atoms with Crippen LogP contribution in [0.5, 0.6) is 0 Å². The van der Waals surface area contributed by atoms with Gasteiger partial charge in [0.1, 0.15) is 4.90 Å². The van der Waals surface area contributed by atoms with Gasteiger partial charge in [-0.25, -0.2) is 8.42 Å². The summed E-state index contributed by atoms with van der Waals surface area (Å²) in [6.07, 6.45) is 0. The van der Waals surface area contributed by atoms with E-state index in [4.69, 9.17) is 5.73 Å². The summed E-state index contributed by atoms with van der Waals surface area (Å²) in [5.41, 5.74) is 7.23. The molecule has 0 bridgehead atoms. The second-order valence-electron chi connectivity index (χ2n) is 4.80. The lowest BCUT2D eigenvalue weighted by molar-refractivity contribution is 0.600. The van der Waals surface area contributed by atoms with E-state index in [0.29, 0.717) is 16.5 Å². The monoisotopic (exact) mass is 310 g/mol. The van der Waals surface area contributed by atoms with Crippen LogP contribution in [0.4, 0.5) is 5.69 Å². The highest BCUT2D eigenvalue weighted by molar-refractivity contribution is 7.93. The van der Waals surface area contributed by atoms with Crippen molar-refractivity contribution < 1.29 is 8.42 Å². The Morgan fingerprint density at radius 3 is 2.70 bits per heavy atom. The highest BCUT2D eigenvalue weighted by Gasteiger charge is 2.19. The second-order valence-corrected chi connectivity index (χ2v) is 7.45. The van der Waals surface area contributed by atoms with Crippen LogP contribution in [0.25, 0.3) is 0 Å². The van der Waals surface area contributed by atoms with Gasteiger partial charge in [0.2, 0.25) is 0 Å². The van der Waals surface area contributed by atoms with Crippen molar-refractivity contribution in [2.45, 2.75) is 31.2 Å². The fourth-order valence-corrected chi connectivity index (χ4v) is 4.27. The lowest BCUT2D eigenvalue weighted by atomic mass is 10.0. The molecule has 1 aromatic heterocycles. The molecule has 1 heterocycles. The number of nitrogens with one attached hydrogen (secondary N) is 1. The zero-order valence-corrected chi connectivity index (χ0v) is 13.1. The third-order valence-electron chi connectivity index (χ3n) is 2.98. The summed E-state index contributed by atoms with van der Waals surface area (Å²) in [6.45, 7) is 4.36. The minimum absolute atomic E-state index is 0.222. The third kappa shape index (κ3) is 3.20. The summed E-state index contributed by atoms with van der Waals surface area (Å²) in [5, 5.41) is 1.74. The molecule has 20 heavy (non-hydrogen) atoms. The van der Waals surface area contributed by atoms with Crippen LogP contribution in [0.3, 0.4) is 0 Å². The van der Waals surface area contributed by atoms with Gasteiger partial charge in [0, 0.05) is 17.1 Å². The molecule has 2 aromatic rings. The largest absolute Gasteiger partial charge is 0.326 e. The van der Waals surface area contributed by atoms with Crippen molar-refractivity contribution >= 4 is 27.0 Å². The van der Waals surface area contributed by atoms with Crippen molar-refractivity contribution in [2.24, 2.45) is 5.73 Å². The Morgan fingerprint density at radius 2 is 2.05 bits per heavy atom. The van der Waals surface area contributed by atoms with Crippen LogP contribution < -0.4 is 10.5 Å². The van der Waals surface area contributed by atoms with Crippen LogP contribution in [0.2, 0.25) is 0 Å². The first-order valence-corrected chi connectivity index (χ1v) is 8.69. The van der Waals surface area contributed by atoms with E-state index in [1.807, 2.05) is 18.2 Å². The number of nitrogens with two attached hydrogens (primary N) is 1. The van der Waals surface area contributed by atoms with Crippen molar-refractivity contribution in [3.05, 3.63) is 46.2 Å². The van der Waals surface area contributed by atoms with Crippen molar-refractivity contribution in [1.82, 2.24) is 0 Å². The smallest absolute Gasteiger partial charge is 0.263 e. The van der Waals surface area contributed by atoms with E-state index in [1.165, 1.54) is 11.3 Å². The molecule has 0 aliphatic rings. The quantitative estimate of drug-likeness (QED) is 0.891. The number of thiophene rings is 1. The van der Waals surface area contributed by atoms with E-state index in [0.717, 1.165) is 5.56 Å². The molecule has 0 saturated heterocycles. The van der Waals surface area contributed by atoms with Gasteiger partial charge < -0.3 is 5.73 Å². The van der Waals surface area contributed by atoms with E-state index in [-0.39, 0.29) is 11.4 Å². The molecule has 4 nitrogen and oxygen atoms in total. The molecule has 0 radical (unpaired) electrons. The zero-order chi connectivity index (χ0) is 14.8. The molecule has 3 N–H and O–H groups in total. The minimum atomic E-state index is -3.57. The summed E-state index contributed by atoms with van der Waals surface area (Å²) < 4.78 is 27.3. The van der Waals surface area contributed by atoms with Gasteiger partial charge in [0.05, 0.1) is 0 Å². The summed E-state index contributed by atoms with van der Waals surface area (Å²) >= 11 is 1.35. The van der Waals surface area contributed by atoms with Crippen LogP contribution in [-0.4, -0.2) is 8.42 Å². The maximum atomic E-state index is 12.4. The molecule has 0 fully saturated rings. The van der Waals surface area contributed by atoms with Gasteiger partial charge in [-0.15, -0.1) is 11.3 Å². The van der Waals surface area contributed by atoms with E-state index in [2.05, 4.69) is 18.6 Å².